The topological polar surface area (TPSA) is 75.4 Å². The highest BCUT2D eigenvalue weighted by Crippen LogP contribution is 2.35. The Labute approximate surface area is 95.8 Å². The monoisotopic (exact) mass is 250 g/mol. The van der Waals surface area contributed by atoms with Gasteiger partial charge in [0.1, 0.15) is 5.69 Å². The number of hydrogen-bond donors (Lipinski definition) is 2. The molecule has 15 heavy (non-hydrogen) atoms. The smallest absolute Gasteiger partial charge is 0.295 e. The highest BCUT2D eigenvalue weighted by molar-refractivity contribution is 6.37. The molecule has 0 amide bonds. The lowest BCUT2D eigenvalue weighted by Gasteiger charge is -2.07. The van der Waals surface area contributed by atoms with Crippen LogP contribution in [0.1, 0.15) is 0 Å². The van der Waals surface area contributed by atoms with E-state index in [4.69, 9.17) is 28.3 Å². The number of nitro benzene ring substituents is 1. The molecule has 2 N–H and O–H groups in total. The molecule has 5 nitrogen and oxygen atoms in total. The van der Waals surface area contributed by atoms with Gasteiger partial charge >= 0.3 is 0 Å². The summed E-state index contributed by atoms with van der Waals surface area (Å²) < 4.78 is 0. The number of aliphatic hydroxyl groups excluding tert-OH is 1. The fourth-order valence-corrected chi connectivity index (χ4v) is 1.61. The molecule has 0 aromatic heterocycles. The second-order valence-electron chi connectivity index (χ2n) is 2.69. The third-order valence-electron chi connectivity index (χ3n) is 1.64. The van der Waals surface area contributed by atoms with Gasteiger partial charge in [-0.1, -0.05) is 23.2 Å². The minimum Gasteiger partial charge on any atom is -0.395 e. The number of rotatable bonds is 4. The summed E-state index contributed by atoms with van der Waals surface area (Å²) in [6, 6.07) is 2.60. The lowest BCUT2D eigenvalue weighted by molar-refractivity contribution is -0.383. The molecule has 7 heteroatoms. The van der Waals surface area contributed by atoms with Gasteiger partial charge in [-0.3, -0.25) is 10.1 Å². The summed E-state index contributed by atoms with van der Waals surface area (Å²) in [5, 5.41) is 22.3. The van der Waals surface area contributed by atoms with Crippen LogP contribution in [0.3, 0.4) is 0 Å². The molecule has 0 fully saturated rings. The Bertz CT molecular complexity index is 384. The second-order valence-corrected chi connectivity index (χ2v) is 3.53. The van der Waals surface area contributed by atoms with Gasteiger partial charge in [0.2, 0.25) is 0 Å². The number of hydrogen-bond acceptors (Lipinski definition) is 4. The van der Waals surface area contributed by atoms with Crippen molar-refractivity contribution in [3.63, 3.8) is 0 Å². The van der Waals surface area contributed by atoms with E-state index >= 15 is 0 Å². The molecular weight excluding hydrogens is 243 g/mol. The molecule has 0 bridgehead atoms. The molecule has 0 aliphatic rings. The number of nitrogens with one attached hydrogen (secondary N) is 1. The number of nitrogens with zero attached hydrogens (tertiary/aromatic N) is 1. The molecule has 82 valence electrons. The van der Waals surface area contributed by atoms with Gasteiger partial charge in [-0.05, 0) is 6.07 Å². The number of halogens is 2. The van der Waals surface area contributed by atoms with Crippen LogP contribution in [0.25, 0.3) is 0 Å². The van der Waals surface area contributed by atoms with Crippen LogP contribution < -0.4 is 5.32 Å². The number of aliphatic hydroxyl groups is 1. The Morgan fingerprint density at radius 3 is 2.67 bits per heavy atom. The molecule has 1 aromatic rings. The van der Waals surface area contributed by atoms with E-state index in [2.05, 4.69) is 5.32 Å². The van der Waals surface area contributed by atoms with Crippen LogP contribution >= 0.6 is 23.2 Å². The maximum Gasteiger partial charge on any atom is 0.295 e. The van der Waals surface area contributed by atoms with Crippen LogP contribution in [0.4, 0.5) is 11.4 Å². The third-order valence-corrected chi connectivity index (χ3v) is 2.16. The van der Waals surface area contributed by atoms with Gasteiger partial charge in [-0.25, -0.2) is 0 Å². The first kappa shape index (κ1) is 12.0. The Morgan fingerprint density at radius 1 is 1.47 bits per heavy atom. The molecule has 0 spiro atoms. The van der Waals surface area contributed by atoms with Crippen molar-refractivity contribution in [3.8, 4) is 0 Å². The van der Waals surface area contributed by atoms with E-state index in [0.29, 0.717) is 0 Å². The van der Waals surface area contributed by atoms with Crippen molar-refractivity contribution in [3.05, 3.63) is 32.3 Å². The first-order chi connectivity index (χ1) is 7.06. The van der Waals surface area contributed by atoms with E-state index in [9.17, 15) is 10.1 Å². The summed E-state index contributed by atoms with van der Waals surface area (Å²) in [6.07, 6.45) is 0. The minimum atomic E-state index is -0.586. The zero-order valence-electron chi connectivity index (χ0n) is 7.54. The SMILES string of the molecule is O=[N+]([O-])c1cc(Cl)cc(Cl)c1NCCO. The predicted molar refractivity (Wildman–Crippen MR) is 58.7 cm³/mol. The molecule has 1 rings (SSSR count). The highest BCUT2D eigenvalue weighted by Gasteiger charge is 2.17. The molecular formula is C8H8Cl2N2O3. The fraction of sp³-hybridized carbons (Fsp3) is 0.250. The molecule has 0 radical (unpaired) electrons. The Balaban J connectivity index is 3.15. The minimum absolute atomic E-state index is 0.143. The lowest BCUT2D eigenvalue weighted by Crippen LogP contribution is -2.08. The average molecular weight is 251 g/mol. The van der Waals surface area contributed by atoms with Gasteiger partial charge in [-0.15, -0.1) is 0 Å². The lowest BCUT2D eigenvalue weighted by atomic mass is 10.2. The van der Waals surface area contributed by atoms with Gasteiger partial charge in [0.15, 0.2) is 0 Å². The van der Waals surface area contributed by atoms with Crippen LogP contribution in [0.2, 0.25) is 10.0 Å². The predicted octanol–water partition coefficient (Wildman–Crippen LogP) is 2.31. The highest BCUT2D eigenvalue weighted by atomic mass is 35.5. The molecule has 0 aliphatic heterocycles. The molecule has 0 unspecified atom stereocenters. The molecule has 0 heterocycles. The van der Waals surface area contributed by atoms with Crippen molar-refractivity contribution in [2.24, 2.45) is 0 Å². The van der Waals surface area contributed by atoms with Crippen LogP contribution in [-0.2, 0) is 0 Å². The van der Waals surface area contributed by atoms with E-state index in [1.807, 2.05) is 0 Å². The second kappa shape index (κ2) is 5.16. The number of nitro groups is 1. The van der Waals surface area contributed by atoms with E-state index in [0.717, 1.165) is 0 Å². The number of anilines is 1. The van der Waals surface area contributed by atoms with E-state index in [1.165, 1.54) is 12.1 Å². The molecule has 0 saturated carbocycles. The summed E-state index contributed by atoms with van der Waals surface area (Å²) in [4.78, 5) is 10.1. The molecule has 0 saturated heterocycles. The van der Waals surface area contributed by atoms with Crippen molar-refractivity contribution in [2.45, 2.75) is 0 Å². The number of benzene rings is 1. The molecule has 0 atom stereocenters. The van der Waals surface area contributed by atoms with Crippen molar-refractivity contribution >= 4 is 34.6 Å². The van der Waals surface area contributed by atoms with Crippen LogP contribution in [-0.4, -0.2) is 23.2 Å². The van der Waals surface area contributed by atoms with Crippen molar-refractivity contribution in [2.75, 3.05) is 18.5 Å². The van der Waals surface area contributed by atoms with Gasteiger partial charge in [0.05, 0.1) is 16.6 Å². The maximum absolute atomic E-state index is 10.7. The first-order valence-electron chi connectivity index (χ1n) is 4.04. The maximum atomic E-state index is 10.7. The third kappa shape index (κ3) is 2.95. The quantitative estimate of drug-likeness (QED) is 0.635. The van der Waals surface area contributed by atoms with E-state index < -0.39 is 4.92 Å². The van der Waals surface area contributed by atoms with Crippen molar-refractivity contribution in [1.82, 2.24) is 0 Å². The van der Waals surface area contributed by atoms with Crippen LogP contribution in [0, 0.1) is 10.1 Å². The first-order valence-corrected chi connectivity index (χ1v) is 4.80. The molecule has 0 aliphatic carbocycles. The Morgan fingerprint density at radius 2 is 2.13 bits per heavy atom. The summed E-state index contributed by atoms with van der Waals surface area (Å²) in [5.74, 6) is 0. The largest absolute Gasteiger partial charge is 0.395 e. The van der Waals surface area contributed by atoms with Gasteiger partial charge in [-0.2, -0.15) is 0 Å². The van der Waals surface area contributed by atoms with Gasteiger partial charge in [0, 0.05) is 17.6 Å². The summed E-state index contributed by atoms with van der Waals surface area (Å²) in [7, 11) is 0. The standard InChI is InChI=1S/C8H8Cl2N2O3/c9-5-3-6(10)8(11-1-2-13)7(4-5)12(14)15/h3-4,11,13H,1-2H2. The van der Waals surface area contributed by atoms with Crippen LogP contribution in [0.5, 0.6) is 0 Å². The fourth-order valence-electron chi connectivity index (χ4n) is 1.06. The molecule has 1 aromatic carbocycles. The Hall–Kier alpha value is -1.04. The van der Waals surface area contributed by atoms with Gasteiger partial charge < -0.3 is 10.4 Å². The summed E-state index contributed by atoms with van der Waals surface area (Å²) in [6.45, 7) is 0.0400. The summed E-state index contributed by atoms with van der Waals surface area (Å²) >= 11 is 11.4. The van der Waals surface area contributed by atoms with E-state index in [1.54, 1.807) is 0 Å². The van der Waals surface area contributed by atoms with Crippen LogP contribution in [0.15, 0.2) is 12.1 Å². The summed E-state index contributed by atoms with van der Waals surface area (Å²) in [5.41, 5.74) is -0.0407. The van der Waals surface area contributed by atoms with Crippen molar-refractivity contribution in [1.29, 1.82) is 0 Å². The van der Waals surface area contributed by atoms with Crippen molar-refractivity contribution < 1.29 is 10.0 Å². The zero-order chi connectivity index (χ0) is 11.4. The zero-order valence-corrected chi connectivity index (χ0v) is 9.05. The van der Waals surface area contributed by atoms with Gasteiger partial charge in [0.25, 0.3) is 5.69 Å². The Kier molecular flexibility index (Phi) is 4.14. The van der Waals surface area contributed by atoms with E-state index in [-0.39, 0.29) is 34.6 Å². The normalized spacial score (nSPS) is 10.1. The average Bonchev–Trinajstić information content (AvgIpc) is 2.15.